The maximum atomic E-state index is 12.5. The SMILES string of the molecule is C[C@H]1Cc2cc(S(N)(=O)=O)ccc2N1CC(=O)NC[C@H]1COc2ccccc2O1. The summed E-state index contributed by atoms with van der Waals surface area (Å²) in [6, 6.07) is 12.3. The van der Waals surface area contributed by atoms with Crippen LogP contribution in [0.3, 0.4) is 0 Å². The second-order valence-corrected chi connectivity index (χ2v) is 8.88. The van der Waals surface area contributed by atoms with E-state index < -0.39 is 10.0 Å². The van der Waals surface area contributed by atoms with Gasteiger partial charge in [-0.25, -0.2) is 13.6 Å². The first-order valence-corrected chi connectivity index (χ1v) is 10.9. The van der Waals surface area contributed by atoms with Crippen molar-refractivity contribution in [2.24, 2.45) is 5.14 Å². The van der Waals surface area contributed by atoms with Crippen molar-refractivity contribution in [2.75, 3.05) is 24.6 Å². The largest absolute Gasteiger partial charge is 0.486 e. The van der Waals surface area contributed by atoms with Gasteiger partial charge in [-0.2, -0.15) is 0 Å². The van der Waals surface area contributed by atoms with Crippen LogP contribution in [0.15, 0.2) is 47.4 Å². The second-order valence-electron chi connectivity index (χ2n) is 7.32. The van der Waals surface area contributed by atoms with Crippen molar-refractivity contribution in [1.29, 1.82) is 0 Å². The molecule has 0 fully saturated rings. The smallest absolute Gasteiger partial charge is 0.239 e. The highest BCUT2D eigenvalue weighted by atomic mass is 32.2. The average molecular weight is 417 g/mol. The van der Waals surface area contributed by atoms with Crippen molar-refractivity contribution in [3.8, 4) is 11.5 Å². The summed E-state index contributed by atoms with van der Waals surface area (Å²) in [7, 11) is -3.75. The van der Waals surface area contributed by atoms with Gasteiger partial charge >= 0.3 is 0 Å². The summed E-state index contributed by atoms with van der Waals surface area (Å²) in [5.41, 5.74) is 1.73. The minimum atomic E-state index is -3.75. The zero-order valence-corrected chi connectivity index (χ0v) is 16.8. The zero-order chi connectivity index (χ0) is 20.6. The molecule has 4 rings (SSSR count). The lowest BCUT2D eigenvalue weighted by atomic mass is 10.1. The van der Waals surface area contributed by atoms with E-state index in [1.165, 1.54) is 6.07 Å². The van der Waals surface area contributed by atoms with Gasteiger partial charge in [0.05, 0.1) is 18.0 Å². The van der Waals surface area contributed by atoms with E-state index in [0.717, 1.165) is 11.3 Å². The van der Waals surface area contributed by atoms with E-state index in [2.05, 4.69) is 5.32 Å². The molecule has 0 spiro atoms. The van der Waals surface area contributed by atoms with Crippen LogP contribution in [0.1, 0.15) is 12.5 Å². The van der Waals surface area contributed by atoms with E-state index in [9.17, 15) is 13.2 Å². The van der Waals surface area contributed by atoms with Crippen LogP contribution in [0.5, 0.6) is 11.5 Å². The molecular weight excluding hydrogens is 394 g/mol. The van der Waals surface area contributed by atoms with Crippen LogP contribution in [0.25, 0.3) is 0 Å². The molecular formula is C20H23N3O5S. The van der Waals surface area contributed by atoms with Crippen molar-refractivity contribution in [1.82, 2.24) is 5.32 Å². The molecule has 0 saturated carbocycles. The molecule has 0 aromatic heterocycles. The number of para-hydroxylation sites is 2. The third-order valence-corrected chi connectivity index (χ3v) is 6.06. The number of ether oxygens (including phenoxy) is 2. The average Bonchev–Trinajstić information content (AvgIpc) is 3.00. The number of primary sulfonamides is 1. The van der Waals surface area contributed by atoms with Crippen LogP contribution in [0, 0.1) is 0 Å². The Hall–Kier alpha value is -2.78. The predicted octanol–water partition coefficient (Wildman–Crippen LogP) is 1.04. The topological polar surface area (TPSA) is 111 Å². The Morgan fingerprint density at radius 1 is 1.24 bits per heavy atom. The minimum absolute atomic E-state index is 0.0765. The fraction of sp³-hybridized carbons (Fsp3) is 0.350. The first-order chi connectivity index (χ1) is 13.8. The molecule has 0 unspecified atom stereocenters. The zero-order valence-electron chi connectivity index (χ0n) is 16.0. The minimum Gasteiger partial charge on any atom is -0.486 e. The molecule has 9 heteroatoms. The van der Waals surface area contributed by atoms with E-state index >= 15 is 0 Å². The number of fused-ring (bicyclic) bond motifs is 2. The molecule has 2 aliphatic rings. The Morgan fingerprint density at radius 2 is 2.00 bits per heavy atom. The van der Waals surface area contributed by atoms with E-state index in [-0.39, 0.29) is 29.5 Å². The van der Waals surface area contributed by atoms with Gasteiger partial charge in [-0.3, -0.25) is 4.79 Å². The Labute approximate surface area is 169 Å². The van der Waals surface area contributed by atoms with Gasteiger partial charge < -0.3 is 19.7 Å². The molecule has 2 aromatic rings. The molecule has 2 atom stereocenters. The summed E-state index contributed by atoms with van der Waals surface area (Å²) in [5.74, 6) is 1.24. The summed E-state index contributed by atoms with van der Waals surface area (Å²) in [4.78, 5) is 14.6. The maximum absolute atomic E-state index is 12.5. The van der Waals surface area contributed by atoms with E-state index in [1.807, 2.05) is 36.1 Å². The van der Waals surface area contributed by atoms with Gasteiger partial charge in [-0.1, -0.05) is 12.1 Å². The second kappa shape index (κ2) is 7.57. The fourth-order valence-corrected chi connectivity index (χ4v) is 4.26. The number of carbonyl (C=O) groups excluding carboxylic acids is 1. The van der Waals surface area contributed by atoms with E-state index in [1.54, 1.807) is 12.1 Å². The number of sulfonamides is 1. The van der Waals surface area contributed by atoms with E-state index in [0.29, 0.717) is 31.1 Å². The van der Waals surface area contributed by atoms with Crippen LogP contribution < -0.4 is 24.8 Å². The summed E-state index contributed by atoms with van der Waals surface area (Å²) in [6.07, 6.45) is 0.400. The summed E-state index contributed by atoms with van der Waals surface area (Å²) in [6.45, 7) is 2.88. The molecule has 0 bridgehead atoms. The van der Waals surface area contributed by atoms with Crippen molar-refractivity contribution in [3.05, 3.63) is 48.0 Å². The summed E-state index contributed by atoms with van der Waals surface area (Å²) in [5, 5.41) is 8.11. The number of hydrogen-bond donors (Lipinski definition) is 2. The maximum Gasteiger partial charge on any atom is 0.239 e. The Balaban J connectivity index is 1.36. The van der Waals surface area contributed by atoms with Crippen LogP contribution >= 0.6 is 0 Å². The number of amides is 1. The van der Waals surface area contributed by atoms with Crippen LogP contribution in [-0.2, 0) is 21.2 Å². The number of anilines is 1. The molecule has 0 radical (unpaired) electrons. The van der Waals surface area contributed by atoms with Gasteiger partial charge in [0.15, 0.2) is 11.5 Å². The lowest BCUT2D eigenvalue weighted by molar-refractivity contribution is -0.120. The van der Waals surface area contributed by atoms with Crippen molar-refractivity contribution in [2.45, 2.75) is 30.4 Å². The highest BCUT2D eigenvalue weighted by Gasteiger charge is 2.29. The molecule has 2 heterocycles. The Bertz CT molecular complexity index is 1040. The van der Waals surface area contributed by atoms with Gasteiger partial charge in [0.1, 0.15) is 12.7 Å². The number of benzene rings is 2. The standard InChI is InChI=1S/C20H23N3O5S/c1-13-8-14-9-16(29(21,25)26)6-7-17(14)23(13)11-20(24)22-10-15-12-27-18-4-2-3-5-19(18)28-15/h2-7,9,13,15H,8,10-12H2,1H3,(H,22,24)(H2,21,25,26)/t13-,15-/m0/s1. The molecule has 2 aliphatic heterocycles. The third-order valence-electron chi connectivity index (χ3n) is 5.14. The lowest BCUT2D eigenvalue weighted by Crippen LogP contribution is -2.45. The quantitative estimate of drug-likeness (QED) is 0.752. The van der Waals surface area contributed by atoms with Gasteiger partial charge in [0.2, 0.25) is 15.9 Å². The summed E-state index contributed by atoms with van der Waals surface area (Å²) >= 11 is 0. The Kier molecular flexibility index (Phi) is 5.10. The van der Waals surface area contributed by atoms with Crippen LogP contribution in [-0.4, -0.2) is 46.2 Å². The molecule has 2 aromatic carbocycles. The molecule has 0 saturated heterocycles. The third kappa shape index (κ3) is 4.15. The molecule has 154 valence electrons. The highest BCUT2D eigenvalue weighted by molar-refractivity contribution is 7.89. The molecule has 1 amide bonds. The molecule has 0 aliphatic carbocycles. The molecule has 8 nitrogen and oxygen atoms in total. The normalized spacial score (nSPS) is 20.3. The number of nitrogens with one attached hydrogen (secondary N) is 1. The molecule has 3 N–H and O–H groups in total. The fourth-order valence-electron chi connectivity index (χ4n) is 3.69. The number of carbonyl (C=O) groups is 1. The highest BCUT2D eigenvalue weighted by Crippen LogP contribution is 2.33. The Morgan fingerprint density at radius 3 is 2.76 bits per heavy atom. The number of nitrogens with two attached hydrogens (primary N) is 1. The van der Waals surface area contributed by atoms with Gasteiger partial charge in [0.25, 0.3) is 0 Å². The van der Waals surface area contributed by atoms with Gasteiger partial charge in [-0.05, 0) is 49.2 Å². The number of nitrogens with zero attached hydrogens (tertiary/aromatic N) is 1. The van der Waals surface area contributed by atoms with E-state index in [4.69, 9.17) is 14.6 Å². The van der Waals surface area contributed by atoms with Crippen molar-refractivity contribution < 1.29 is 22.7 Å². The van der Waals surface area contributed by atoms with Crippen LogP contribution in [0.4, 0.5) is 5.69 Å². The molecule has 29 heavy (non-hydrogen) atoms. The first-order valence-electron chi connectivity index (χ1n) is 9.39. The summed E-state index contributed by atoms with van der Waals surface area (Å²) < 4.78 is 34.6. The first kappa shape index (κ1) is 19.5. The predicted molar refractivity (Wildman–Crippen MR) is 108 cm³/mol. The monoisotopic (exact) mass is 417 g/mol. The van der Waals surface area contributed by atoms with Crippen LogP contribution in [0.2, 0.25) is 0 Å². The van der Waals surface area contributed by atoms with Crippen molar-refractivity contribution >= 4 is 21.6 Å². The lowest BCUT2D eigenvalue weighted by Gasteiger charge is -2.28. The van der Waals surface area contributed by atoms with Gasteiger partial charge in [-0.15, -0.1) is 0 Å². The van der Waals surface area contributed by atoms with Crippen molar-refractivity contribution in [3.63, 3.8) is 0 Å². The number of hydrogen-bond acceptors (Lipinski definition) is 6. The number of rotatable bonds is 5. The van der Waals surface area contributed by atoms with Gasteiger partial charge in [0, 0.05) is 11.7 Å².